The quantitative estimate of drug-likeness (QED) is 0.545. The molecule has 2 rings (SSSR count). The lowest BCUT2D eigenvalue weighted by molar-refractivity contribution is 0.349. The topological polar surface area (TPSA) is 12.5 Å². The molecule has 0 radical (unpaired) electrons. The highest BCUT2D eigenvalue weighted by molar-refractivity contribution is 7.98. The number of rotatable bonds is 6. The molecule has 1 aliphatic heterocycles. The van der Waals surface area contributed by atoms with Crippen molar-refractivity contribution in [1.29, 1.82) is 0 Å². The summed E-state index contributed by atoms with van der Waals surface area (Å²) in [4.78, 5) is 1.35. The van der Waals surface area contributed by atoms with Gasteiger partial charge in [-0.25, -0.2) is 0 Å². The van der Waals surface area contributed by atoms with Gasteiger partial charge in [-0.2, -0.15) is 0 Å². The monoisotopic (exact) mass is 250 g/mol. The van der Waals surface area contributed by atoms with Gasteiger partial charge in [-0.05, 0) is 49.1 Å². The van der Waals surface area contributed by atoms with Crippen LogP contribution in [0.1, 0.15) is 44.6 Å². The van der Waals surface area contributed by atoms with E-state index in [1.165, 1.54) is 23.3 Å². The molecule has 0 amide bonds. The Morgan fingerprint density at radius 2 is 1.88 bits per heavy atom. The first kappa shape index (κ1) is 13.0. The Balaban J connectivity index is 1.97. The lowest BCUT2D eigenvalue weighted by Crippen LogP contribution is -2.03. The first-order valence-corrected chi connectivity index (χ1v) is 7.80. The van der Waals surface area contributed by atoms with Crippen molar-refractivity contribution in [3.63, 3.8) is 0 Å². The molecule has 0 aromatic heterocycles. The maximum absolute atomic E-state index is 5.66. The maximum atomic E-state index is 5.66. The number of hydrogen-bond acceptors (Lipinski definition) is 2. The molecule has 1 nitrogen and oxygen atoms in total. The SMILES string of the molecule is CCC(CC1OC1CC)c1ccc(SC)cc1. The normalized spacial score (nSPS) is 24.6. The second-order valence-electron chi connectivity index (χ2n) is 4.74. The predicted molar refractivity (Wildman–Crippen MR) is 74.8 cm³/mol. The third-order valence-electron chi connectivity index (χ3n) is 3.69. The summed E-state index contributed by atoms with van der Waals surface area (Å²) in [5, 5.41) is 0. The van der Waals surface area contributed by atoms with Gasteiger partial charge in [0.25, 0.3) is 0 Å². The average molecular weight is 250 g/mol. The van der Waals surface area contributed by atoms with Crippen LogP contribution < -0.4 is 0 Å². The van der Waals surface area contributed by atoms with Gasteiger partial charge in [-0.15, -0.1) is 11.8 Å². The van der Waals surface area contributed by atoms with Crippen molar-refractivity contribution >= 4 is 11.8 Å². The number of hydrogen-bond donors (Lipinski definition) is 0. The Morgan fingerprint density at radius 1 is 1.18 bits per heavy atom. The summed E-state index contributed by atoms with van der Waals surface area (Å²) < 4.78 is 5.66. The smallest absolute Gasteiger partial charge is 0.0847 e. The van der Waals surface area contributed by atoms with Gasteiger partial charge in [-0.3, -0.25) is 0 Å². The minimum atomic E-state index is 0.519. The van der Waals surface area contributed by atoms with E-state index in [1.807, 2.05) is 0 Å². The third kappa shape index (κ3) is 3.26. The maximum Gasteiger partial charge on any atom is 0.0847 e. The van der Waals surface area contributed by atoms with Crippen LogP contribution in [0, 0.1) is 0 Å². The highest BCUT2D eigenvalue weighted by Gasteiger charge is 2.38. The second kappa shape index (κ2) is 5.92. The van der Waals surface area contributed by atoms with Gasteiger partial charge < -0.3 is 4.74 Å². The minimum absolute atomic E-state index is 0.519. The predicted octanol–water partition coefficient (Wildman–Crippen LogP) is 4.47. The van der Waals surface area contributed by atoms with Crippen molar-refractivity contribution in [2.24, 2.45) is 0 Å². The summed E-state index contributed by atoms with van der Waals surface area (Å²) in [6.45, 7) is 4.48. The molecule has 3 atom stereocenters. The van der Waals surface area contributed by atoms with Gasteiger partial charge in [-0.1, -0.05) is 26.0 Å². The zero-order chi connectivity index (χ0) is 12.3. The summed E-state index contributed by atoms with van der Waals surface area (Å²) >= 11 is 1.80. The van der Waals surface area contributed by atoms with Crippen LogP contribution in [0.4, 0.5) is 0 Å². The van der Waals surface area contributed by atoms with Crippen LogP contribution in [0.2, 0.25) is 0 Å². The van der Waals surface area contributed by atoms with Crippen molar-refractivity contribution in [2.75, 3.05) is 6.26 Å². The molecule has 1 aromatic carbocycles. The third-order valence-corrected chi connectivity index (χ3v) is 4.43. The van der Waals surface area contributed by atoms with E-state index in [0.29, 0.717) is 18.1 Å². The molecule has 1 saturated heterocycles. The summed E-state index contributed by atoms with van der Waals surface area (Å²) in [6.07, 6.45) is 6.73. The molecule has 0 saturated carbocycles. The number of ether oxygens (including phenoxy) is 1. The van der Waals surface area contributed by atoms with Crippen LogP contribution in [0.3, 0.4) is 0 Å². The molecular weight excluding hydrogens is 228 g/mol. The van der Waals surface area contributed by atoms with Crippen LogP contribution in [-0.2, 0) is 4.74 Å². The summed E-state index contributed by atoms with van der Waals surface area (Å²) in [7, 11) is 0. The van der Waals surface area contributed by atoms with Crippen LogP contribution in [0.5, 0.6) is 0 Å². The van der Waals surface area contributed by atoms with E-state index in [9.17, 15) is 0 Å². The molecular formula is C15H22OS. The largest absolute Gasteiger partial charge is 0.370 e. The fourth-order valence-corrected chi connectivity index (χ4v) is 2.85. The molecule has 0 bridgehead atoms. The number of benzene rings is 1. The van der Waals surface area contributed by atoms with Crippen molar-refractivity contribution in [3.8, 4) is 0 Å². The first-order chi connectivity index (χ1) is 8.28. The summed E-state index contributed by atoms with van der Waals surface area (Å²) in [6, 6.07) is 9.02. The molecule has 0 spiro atoms. The van der Waals surface area contributed by atoms with Crippen LogP contribution >= 0.6 is 11.8 Å². The number of thioether (sulfide) groups is 1. The van der Waals surface area contributed by atoms with E-state index >= 15 is 0 Å². The molecule has 2 heteroatoms. The molecule has 0 aliphatic carbocycles. The summed E-state index contributed by atoms with van der Waals surface area (Å²) in [5.74, 6) is 0.660. The molecule has 3 unspecified atom stereocenters. The molecule has 1 fully saturated rings. The van der Waals surface area contributed by atoms with Gasteiger partial charge in [0, 0.05) is 4.90 Å². The van der Waals surface area contributed by atoms with Crippen LogP contribution in [0.25, 0.3) is 0 Å². The van der Waals surface area contributed by atoms with E-state index in [4.69, 9.17) is 4.74 Å². The Morgan fingerprint density at radius 3 is 2.35 bits per heavy atom. The van der Waals surface area contributed by atoms with Crippen molar-refractivity contribution in [2.45, 2.75) is 56.1 Å². The zero-order valence-electron chi connectivity index (χ0n) is 11.0. The van der Waals surface area contributed by atoms with Crippen molar-refractivity contribution in [1.82, 2.24) is 0 Å². The minimum Gasteiger partial charge on any atom is -0.370 e. The first-order valence-electron chi connectivity index (χ1n) is 6.57. The van der Waals surface area contributed by atoms with E-state index in [-0.39, 0.29) is 0 Å². The zero-order valence-corrected chi connectivity index (χ0v) is 11.8. The standard InChI is InChI=1S/C15H22OS/c1-4-11(10-15-14(5-2)16-15)12-6-8-13(17-3)9-7-12/h6-9,11,14-15H,4-5,10H2,1-3H3. The van der Waals surface area contributed by atoms with Crippen LogP contribution in [0.15, 0.2) is 29.2 Å². The van der Waals surface area contributed by atoms with Gasteiger partial charge in [0.2, 0.25) is 0 Å². The van der Waals surface area contributed by atoms with Crippen molar-refractivity contribution in [3.05, 3.63) is 29.8 Å². The van der Waals surface area contributed by atoms with Crippen molar-refractivity contribution < 1.29 is 4.74 Å². The van der Waals surface area contributed by atoms with Gasteiger partial charge in [0.1, 0.15) is 0 Å². The Labute approximate surface area is 109 Å². The Hall–Kier alpha value is -0.470. The fourth-order valence-electron chi connectivity index (χ4n) is 2.44. The molecule has 1 aliphatic rings. The van der Waals surface area contributed by atoms with E-state index < -0.39 is 0 Å². The van der Waals surface area contributed by atoms with Gasteiger partial charge in [0.15, 0.2) is 0 Å². The highest BCUT2D eigenvalue weighted by Crippen LogP contribution is 2.36. The van der Waals surface area contributed by atoms with E-state index in [1.54, 1.807) is 11.8 Å². The molecule has 17 heavy (non-hydrogen) atoms. The van der Waals surface area contributed by atoms with E-state index in [2.05, 4.69) is 44.4 Å². The second-order valence-corrected chi connectivity index (χ2v) is 5.61. The lowest BCUT2D eigenvalue weighted by atomic mass is 9.91. The molecule has 0 N–H and O–H groups in total. The van der Waals surface area contributed by atoms with Crippen LogP contribution in [-0.4, -0.2) is 18.5 Å². The van der Waals surface area contributed by atoms with Gasteiger partial charge in [0.05, 0.1) is 12.2 Å². The fraction of sp³-hybridized carbons (Fsp3) is 0.600. The highest BCUT2D eigenvalue weighted by atomic mass is 32.2. The molecule has 94 valence electrons. The molecule has 1 heterocycles. The lowest BCUT2D eigenvalue weighted by Gasteiger charge is -2.14. The van der Waals surface area contributed by atoms with Gasteiger partial charge >= 0.3 is 0 Å². The molecule has 1 aromatic rings. The summed E-state index contributed by atoms with van der Waals surface area (Å²) in [5.41, 5.74) is 1.47. The number of epoxide rings is 1. The average Bonchev–Trinajstić information content (AvgIpc) is 3.14. The Bertz CT molecular complexity index is 346. The van der Waals surface area contributed by atoms with E-state index in [0.717, 1.165) is 6.42 Å². The Kier molecular flexibility index (Phi) is 4.52.